The van der Waals surface area contributed by atoms with Crippen LogP contribution in [0.1, 0.15) is 17.0 Å². The summed E-state index contributed by atoms with van der Waals surface area (Å²) in [5, 5.41) is 9.51. The van der Waals surface area contributed by atoms with Crippen molar-refractivity contribution in [1.29, 1.82) is 5.26 Å². The molecule has 0 aliphatic carbocycles. The number of hydrogen-bond donors (Lipinski definition) is 1. The van der Waals surface area contributed by atoms with Crippen LogP contribution in [0.5, 0.6) is 11.5 Å². The Labute approximate surface area is 140 Å². The minimum atomic E-state index is 0.455. The number of aromatic nitrogens is 2. The van der Waals surface area contributed by atoms with Crippen LogP contribution in [-0.2, 0) is 0 Å². The highest BCUT2D eigenvalue weighted by atomic mass is 16.5. The van der Waals surface area contributed by atoms with E-state index in [0.29, 0.717) is 22.9 Å². The number of imidazole rings is 1. The van der Waals surface area contributed by atoms with E-state index < -0.39 is 0 Å². The summed E-state index contributed by atoms with van der Waals surface area (Å²) in [6, 6.07) is 13.6. The molecule has 2 aromatic carbocycles. The maximum absolute atomic E-state index is 9.51. The highest BCUT2D eigenvalue weighted by Gasteiger charge is 2.09. The summed E-state index contributed by atoms with van der Waals surface area (Å²) in [7, 11) is 3.17. The van der Waals surface area contributed by atoms with Gasteiger partial charge >= 0.3 is 0 Å². The smallest absolute Gasteiger partial charge is 0.161 e. The summed E-state index contributed by atoms with van der Waals surface area (Å²) >= 11 is 0. The van der Waals surface area contributed by atoms with E-state index >= 15 is 0 Å². The second-order valence-electron chi connectivity index (χ2n) is 5.39. The Morgan fingerprint density at radius 3 is 2.62 bits per heavy atom. The molecular weight excluding hydrogens is 302 g/mol. The van der Waals surface area contributed by atoms with E-state index in [0.717, 1.165) is 22.2 Å². The molecule has 1 heterocycles. The van der Waals surface area contributed by atoms with E-state index in [1.54, 1.807) is 20.3 Å². The number of allylic oxidation sites excluding steroid dienone is 1. The molecule has 0 saturated carbocycles. The lowest BCUT2D eigenvalue weighted by atomic mass is 10.1. The van der Waals surface area contributed by atoms with Crippen LogP contribution in [0.25, 0.3) is 22.7 Å². The van der Waals surface area contributed by atoms with Gasteiger partial charge in [-0.15, -0.1) is 0 Å². The molecule has 120 valence electrons. The zero-order valence-corrected chi connectivity index (χ0v) is 13.8. The molecule has 0 radical (unpaired) electrons. The predicted octanol–water partition coefficient (Wildman–Crippen LogP) is 3.95. The van der Waals surface area contributed by atoms with E-state index in [9.17, 15) is 5.26 Å². The van der Waals surface area contributed by atoms with Crippen molar-refractivity contribution in [1.82, 2.24) is 9.97 Å². The lowest BCUT2D eigenvalue weighted by Crippen LogP contribution is -1.91. The zero-order chi connectivity index (χ0) is 17.1. The van der Waals surface area contributed by atoms with Crippen molar-refractivity contribution in [3.05, 3.63) is 53.3 Å². The van der Waals surface area contributed by atoms with Gasteiger partial charge in [-0.3, -0.25) is 0 Å². The average Bonchev–Trinajstić information content (AvgIpc) is 3.02. The van der Waals surface area contributed by atoms with Gasteiger partial charge in [-0.1, -0.05) is 12.1 Å². The Kier molecular flexibility index (Phi) is 4.21. The number of ether oxygens (including phenoxy) is 2. The molecule has 0 spiro atoms. The number of nitrogens with one attached hydrogen (secondary N) is 1. The van der Waals surface area contributed by atoms with Gasteiger partial charge in [0.15, 0.2) is 11.5 Å². The van der Waals surface area contributed by atoms with Crippen molar-refractivity contribution in [2.24, 2.45) is 0 Å². The first-order valence-electron chi connectivity index (χ1n) is 7.45. The number of nitrogens with zero attached hydrogens (tertiary/aromatic N) is 2. The van der Waals surface area contributed by atoms with Crippen molar-refractivity contribution in [3.63, 3.8) is 0 Å². The number of benzene rings is 2. The van der Waals surface area contributed by atoms with Gasteiger partial charge < -0.3 is 14.5 Å². The van der Waals surface area contributed by atoms with Crippen LogP contribution < -0.4 is 9.47 Å². The number of hydrogen-bond acceptors (Lipinski definition) is 4. The van der Waals surface area contributed by atoms with Crippen LogP contribution in [0, 0.1) is 18.3 Å². The SMILES string of the molecule is COc1ccc(C=C(C#N)c2nc3ccc(C)cc3[nH]2)cc1OC. The first-order chi connectivity index (χ1) is 11.6. The van der Waals surface area contributed by atoms with E-state index in [2.05, 4.69) is 16.0 Å². The van der Waals surface area contributed by atoms with Gasteiger partial charge in [0.1, 0.15) is 11.9 Å². The van der Waals surface area contributed by atoms with Crippen molar-refractivity contribution >= 4 is 22.7 Å². The van der Waals surface area contributed by atoms with E-state index in [4.69, 9.17) is 9.47 Å². The monoisotopic (exact) mass is 319 g/mol. The van der Waals surface area contributed by atoms with Gasteiger partial charge in [-0.25, -0.2) is 4.98 Å². The Bertz CT molecular complexity index is 964. The molecule has 0 aliphatic heterocycles. The summed E-state index contributed by atoms with van der Waals surface area (Å²) in [6.07, 6.45) is 1.77. The average molecular weight is 319 g/mol. The molecule has 0 amide bonds. The van der Waals surface area contributed by atoms with Crippen LogP contribution >= 0.6 is 0 Å². The van der Waals surface area contributed by atoms with E-state index in [1.807, 2.05) is 43.3 Å². The topological polar surface area (TPSA) is 70.9 Å². The molecule has 3 rings (SSSR count). The van der Waals surface area contributed by atoms with Crippen LogP contribution in [0.4, 0.5) is 0 Å². The first-order valence-corrected chi connectivity index (χ1v) is 7.45. The summed E-state index contributed by atoms with van der Waals surface area (Å²) in [5.41, 5.74) is 4.18. The van der Waals surface area contributed by atoms with Crippen molar-refractivity contribution in [2.45, 2.75) is 6.92 Å². The van der Waals surface area contributed by atoms with Crippen molar-refractivity contribution in [3.8, 4) is 17.6 Å². The highest BCUT2D eigenvalue weighted by Crippen LogP contribution is 2.29. The number of fused-ring (bicyclic) bond motifs is 1. The lowest BCUT2D eigenvalue weighted by Gasteiger charge is -2.07. The number of aryl methyl sites for hydroxylation is 1. The lowest BCUT2D eigenvalue weighted by molar-refractivity contribution is 0.355. The number of methoxy groups -OCH3 is 2. The fraction of sp³-hybridized carbons (Fsp3) is 0.158. The molecule has 24 heavy (non-hydrogen) atoms. The normalized spacial score (nSPS) is 11.3. The fourth-order valence-corrected chi connectivity index (χ4v) is 2.51. The Morgan fingerprint density at radius 1 is 1.12 bits per heavy atom. The minimum absolute atomic E-state index is 0.455. The summed E-state index contributed by atoms with van der Waals surface area (Å²) in [6.45, 7) is 2.02. The van der Waals surface area contributed by atoms with E-state index in [-0.39, 0.29) is 0 Å². The number of H-pyrrole nitrogens is 1. The van der Waals surface area contributed by atoms with Crippen molar-refractivity contribution < 1.29 is 9.47 Å². The molecule has 0 bridgehead atoms. The van der Waals surface area contributed by atoms with Crippen molar-refractivity contribution in [2.75, 3.05) is 14.2 Å². The third-order valence-corrected chi connectivity index (χ3v) is 3.73. The largest absolute Gasteiger partial charge is 0.493 e. The van der Waals surface area contributed by atoms with Gasteiger partial charge in [0.05, 0.1) is 30.8 Å². The Balaban J connectivity index is 2.04. The molecule has 0 fully saturated rings. The first kappa shape index (κ1) is 15.6. The summed E-state index contributed by atoms with van der Waals surface area (Å²) in [5.74, 6) is 1.81. The standard InChI is InChI=1S/C19H17N3O2/c1-12-4-6-15-16(8-12)22-19(21-15)14(11-20)9-13-5-7-17(23-2)18(10-13)24-3/h4-10H,1-3H3,(H,21,22). The van der Waals surface area contributed by atoms with Gasteiger partial charge in [-0.2, -0.15) is 5.26 Å². The van der Waals surface area contributed by atoms with Crippen LogP contribution in [0.15, 0.2) is 36.4 Å². The molecule has 0 saturated heterocycles. The van der Waals surface area contributed by atoms with Crippen LogP contribution in [-0.4, -0.2) is 24.2 Å². The molecule has 0 aliphatic rings. The molecule has 0 unspecified atom stereocenters. The van der Waals surface area contributed by atoms with E-state index in [1.165, 1.54) is 0 Å². The maximum atomic E-state index is 9.51. The number of rotatable bonds is 4. The molecule has 5 nitrogen and oxygen atoms in total. The molecule has 1 aromatic heterocycles. The molecular formula is C19H17N3O2. The fourth-order valence-electron chi connectivity index (χ4n) is 2.51. The number of nitriles is 1. The van der Waals surface area contributed by atoms with Gasteiger partial charge in [-0.05, 0) is 48.4 Å². The predicted molar refractivity (Wildman–Crippen MR) is 93.9 cm³/mol. The second kappa shape index (κ2) is 6.47. The zero-order valence-electron chi connectivity index (χ0n) is 13.8. The summed E-state index contributed by atoms with van der Waals surface area (Å²) in [4.78, 5) is 7.70. The molecule has 0 atom stereocenters. The highest BCUT2D eigenvalue weighted by molar-refractivity contribution is 5.90. The van der Waals surface area contributed by atoms with Gasteiger partial charge in [0.25, 0.3) is 0 Å². The Hall–Kier alpha value is -3.26. The second-order valence-corrected chi connectivity index (χ2v) is 5.39. The molecule has 5 heteroatoms. The third kappa shape index (κ3) is 2.95. The van der Waals surface area contributed by atoms with Gasteiger partial charge in [0, 0.05) is 0 Å². The maximum Gasteiger partial charge on any atom is 0.161 e. The van der Waals surface area contributed by atoms with Crippen LogP contribution in [0.2, 0.25) is 0 Å². The third-order valence-electron chi connectivity index (χ3n) is 3.73. The minimum Gasteiger partial charge on any atom is -0.493 e. The number of aromatic amines is 1. The molecule has 1 N–H and O–H groups in total. The quantitative estimate of drug-likeness (QED) is 0.739. The molecule has 3 aromatic rings. The summed E-state index contributed by atoms with van der Waals surface area (Å²) < 4.78 is 10.5. The van der Waals surface area contributed by atoms with Crippen LogP contribution in [0.3, 0.4) is 0 Å². The Morgan fingerprint density at radius 2 is 1.92 bits per heavy atom. The van der Waals surface area contributed by atoms with Gasteiger partial charge in [0.2, 0.25) is 0 Å².